The van der Waals surface area contributed by atoms with Crippen LogP contribution < -0.4 is 0 Å². The Bertz CT molecular complexity index is 1080. The van der Waals surface area contributed by atoms with E-state index in [0.29, 0.717) is 12.0 Å². The van der Waals surface area contributed by atoms with E-state index in [1.165, 1.54) is 26.4 Å². The standard InChI is InChI=1S/C26H28F3NO5/c1-16(12-23(31)33-3)19-10-8-18(9-11-19)13-17(2)30-15-22(35-24(30)25(32)34-4)20-6-5-7-21(14-20)26(27,28)29/h5-12,14,17,22,24H,13,15H2,1-4H3/b16-12+/t17-,22?,24?/m1/s1. The number of carbonyl (C=O) groups is 2. The molecule has 188 valence electrons. The zero-order valence-electron chi connectivity index (χ0n) is 20.0. The Labute approximate surface area is 202 Å². The minimum absolute atomic E-state index is 0.174. The van der Waals surface area contributed by atoms with Crippen LogP contribution >= 0.6 is 0 Å². The molecular formula is C26H28F3NO5. The van der Waals surface area contributed by atoms with Gasteiger partial charge in [0.05, 0.1) is 25.9 Å². The molecule has 0 radical (unpaired) electrons. The minimum Gasteiger partial charge on any atom is -0.466 e. The Morgan fingerprint density at radius 3 is 2.43 bits per heavy atom. The summed E-state index contributed by atoms with van der Waals surface area (Å²) in [6, 6.07) is 12.4. The number of esters is 2. The fourth-order valence-corrected chi connectivity index (χ4v) is 4.05. The Morgan fingerprint density at radius 2 is 1.83 bits per heavy atom. The van der Waals surface area contributed by atoms with Crippen molar-refractivity contribution in [3.05, 3.63) is 76.9 Å². The molecule has 0 aliphatic carbocycles. The fraction of sp³-hybridized carbons (Fsp3) is 0.385. The van der Waals surface area contributed by atoms with Gasteiger partial charge < -0.3 is 14.2 Å². The zero-order chi connectivity index (χ0) is 25.8. The lowest BCUT2D eigenvalue weighted by molar-refractivity contribution is -0.162. The zero-order valence-corrected chi connectivity index (χ0v) is 20.0. The van der Waals surface area contributed by atoms with Gasteiger partial charge in [-0.2, -0.15) is 13.2 Å². The van der Waals surface area contributed by atoms with E-state index >= 15 is 0 Å². The molecule has 6 nitrogen and oxygen atoms in total. The maximum Gasteiger partial charge on any atom is 0.416 e. The number of allylic oxidation sites excluding steroid dienone is 1. The van der Waals surface area contributed by atoms with Gasteiger partial charge in [-0.3, -0.25) is 4.90 Å². The molecule has 1 aliphatic rings. The van der Waals surface area contributed by atoms with Crippen molar-refractivity contribution in [2.75, 3.05) is 20.8 Å². The molecular weight excluding hydrogens is 463 g/mol. The number of alkyl halides is 3. The molecule has 3 rings (SSSR count). The van der Waals surface area contributed by atoms with Crippen molar-refractivity contribution >= 4 is 17.5 Å². The Balaban J connectivity index is 1.76. The monoisotopic (exact) mass is 491 g/mol. The highest BCUT2D eigenvalue weighted by atomic mass is 19.4. The van der Waals surface area contributed by atoms with Gasteiger partial charge in [0, 0.05) is 18.7 Å². The third-order valence-electron chi connectivity index (χ3n) is 6.00. The average molecular weight is 492 g/mol. The summed E-state index contributed by atoms with van der Waals surface area (Å²) in [5.41, 5.74) is 2.20. The molecule has 0 spiro atoms. The molecule has 0 N–H and O–H groups in total. The molecule has 0 saturated carbocycles. The number of rotatable bonds is 7. The van der Waals surface area contributed by atoms with Crippen molar-refractivity contribution < 1.29 is 37.0 Å². The highest BCUT2D eigenvalue weighted by Gasteiger charge is 2.42. The topological polar surface area (TPSA) is 65.1 Å². The molecule has 2 aromatic rings. The summed E-state index contributed by atoms with van der Waals surface area (Å²) in [6.45, 7) is 3.97. The predicted octanol–water partition coefficient (Wildman–Crippen LogP) is 4.79. The maximum absolute atomic E-state index is 13.2. The van der Waals surface area contributed by atoms with Crippen molar-refractivity contribution in [3.63, 3.8) is 0 Å². The fourth-order valence-electron chi connectivity index (χ4n) is 4.05. The summed E-state index contributed by atoms with van der Waals surface area (Å²) >= 11 is 0. The molecule has 9 heteroatoms. The van der Waals surface area contributed by atoms with Crippen LogP contribution in [0.3, 0.4) is 0 Å². The number of hydrogen-bond acceptors (Lipinski definition) is 6. The summed E-state index contributed by atoms with van der Waals surface area (Å²) in [7, 11) is 2.56. The van der Waals surface area contributed by atoms with E-state index in [2.05, 4.69) is 4.74 Å². The molecule has 0 aromatic heterocycles. The molecule has 0 amide bonds. The molecule has 1 saturated heterocycles. The number of hydrogen-bond donors (Lipinski definition) is 0. The van der Waals surface area contributed by atoms with Gasteiger partial charge in [-0.05, 0) is 54.7 Å². The smallest absolute Gasteiger partial charge is 0.416 e. The summed E-state index contributed by atoms with van der Waals surface area (Å²) < 4.78 is 54.9. The number of halogens is 3. The van der Waals surface area contributed by atoms with Gasteiger partial charge in [0.15, 0.2) is 0 Å². The number of nitrogens with zero attached hydrogens (tertiary/aromatic N) is 1. The first-order chi connectivity index (χ1) is 16.5. The lowest BCUT2D eigenvalue weighted by Gasteiger charge is -2.27. The average Bonchev–Trinajstić information content (AvgIpc) is 3.29. The Kier molecular flexibility index (Phi) is 8.34. The first kappa shape index (κ1) is 26.4. The van der Waals surface area contributed by atoms with E-state index in [1.54, 1.807) is 11.0 Å². The van der Waals surface area contributed by atoms with Crippen LogP contribution in [-0.2, 0) is 36.4 Å². The van der Waals surface area contributed by atoms with E-state index in [-0.39, 0.29) is 12.6 Å². The van der Waals surface area contributed by atoms with E-state index in [9.17, 15) is 22.8 Å². The van der Waals surface area contributed by atoms with Gasteiger partial charge in [-0.15, -0.1) is 0 Å². The van der Waals surface area contributed by atoms with Crippen LogP contribution in [0.4, 0.5) is 13.2 Å². The summed E-state index contributed by atoms with van der Waals surface area (Å²) in [5, 5.41) is 0. The number of ether oxygens (including phenoxy) is 3. The van der Waals surface area contributed by atoms with E-state index in [4.69, 9.17) is 9.47 Å². The van der Waals surface area contributed by atoms with E-state index in [1.807, 2.05) is 38.1 Å². The molecule has 35 heavy (non-hydrogen) atoms. The van der Waals surface area contributed by atoms with Crippen molar-refractivity contribution in [2.24, 2.45) is 0 Å². The molecule has 1 aliphatic heterocycles. The second-order valence-corrected chi connectivity index (χ2v) is 8.42. The van der Waals surface area contributed by atoms with Gasteiger partial charge in [0.2, 0.25) is 6.23 Å². The van der Waals surface area contributed by atoms with Crippen LogP contribution in [0.1, 0.15) is 42.2 Å². The van der Waals surface area contributed by atoms with Gasteiger partial charge in [-0.25, -0.2) is 9.59 Å². The highest BCUT2D eigenvalue weighted by Crippen LogP contribution is 2.35. The lowest BCUT2D eigenvalue weighted by Crippen LogP contribution is -2.44. The Morgan fingerprint density at radius 1 is 1.14 bits per heavy atom. The minimum atomic E-state index is -4.47. The second-order valence-electron chi connectivity index (χ2n) is 8.42. The third kappa shape index (κ3) is 6.49. The summed E-state index contributed by atoms with van der Waals surface area (Å²) in [6.07, 6.45) is -4.24. The van der Waals surface area contributed by atoms with E-state index < -0.39 is 36.0 Å². The lowest BCUT2D eigenvalue weighted by atomic mass is 10.0. The van der Waals surface area contributed by atoms with Crippen LogP contribution in [0.5, 0.6) is 0 Å². The van der Waals surface area contributed by atoms with Crippen LogP contribution in [0, 0.1) is 0 Å². The Hall–Kier alpha value is -3.17. The van der Waals surface area contributed by atoms with Gasteiger partial charge in [0.25, 0.3) is 0 Å². The molecule has 2 aromatic carbocycles. The van der Waals surface area contributed by atoms with Crippen LogP contribution in [0.2, 0.25) is 0 Å². The molecule has 0 bridgehead atoms. The number of methoxy groups -OCH3 is 2. The van der Waals surface area contributed by atoms with Crippen molar-refractivity contribution in [1.29, 1.82) is 0 Å². The maximum atomic E-state index is 13.2. The van der Waals surface area contributed by atoms with Gasteiger partial charge in [-0.1, -0.05) is 36.4 Å². The third-order valence-corrected chi connectivity index (χ3v) is 6.00. The summed E-state index contributed by atoms with van der Waals surface area (Å²) in [4.78, 5) is 25.7. The van der Waals surface area contributed by atoms with Crippen LogP contribution in [0.25, 0.3) is 5.57 Å². The van der Waals surface area contributed by atoms with Crippen LogP contribution in [0.15, 0.2) is 54.6 Å². The first-order valence-corrected chi connectivity index (χ1v) is 11.0. The molecule has 2 unspecified atom stereocenters. The molecule has 1 heterocycles. The first-order valence-electron chi connectivity index (χ1n) is 11.0. The summed E-state index contributed by atoms with van der Waals surface area (Å²) in [5.74, 6) is -1.04. The predicted molar refractivity (Wildman–Crippen MR) is 123 cm³/mol. The van der Waals surface area contributed by atoms with Gasteiger partial charge >= 0.3 is 18.1 Å². The largest absolute Gasteiger partial charge is 0.466 e. The second kappa shape index (κ2) is 11.0. The molecule has 3 atom stereocenters. The van der Waals surface area contributed by atoms with E-state index in [0.717, 1.165) is 28.8 Å². The quantitative estimate of drug-likeness (QED) is 0.410. The highest BCUT2D eigenvalue weighted by molar-refractivity contribution is 5.90. The van der Waals surface area contributed by atoms with Crippen molar-refractivity contribution in [3.8, 4) is 0 Å². The SMILES string of the molecule is COC(=O)/C=C(\C)c1ccc(C[C@@H](C)N2CC(c3cccc(C(F)(F)F)c3)OC2C(=O)OC)cc1. The number of benzene rings is 2. The number of carbonyl (C=O) groups excluding carboxylic acids is 2. The van der Waals surface area contributed by atoms with Crippen LogP contribution in [-0.4, -0.2) is 49.9 Å². The molecule has 1 fully saturated rings. The van der Waals surface area contributed by atoms with Crippen molar-refractivity contribution in [1.82, 2.24) is 4.90 Å². The van der Waals surface area contributed by atoms with Crippen molar-refractivity contribution in [2.45, 2.75) is 44.8 Å². The van der Waals surface area contributed by atoms with Gasteiger partial charge in [0.1, 0.15) is 0 Å². The normalized spacial score (nSPS) is 19.9.